The first-order valence-electron chi connectivity index (χ1n) is 6.46. The van der Waals surface area contributed by atoms with Crippen molar-refractivity contribution in [2.75, 3.05) is 0 Å². The summed E-state index contributed by atoms with van der Waals surface area (Å²) in [5.41, 5.74) is 4.72. The fourth-order valence-electron chi connectivity index (χ4n) is 1.86. The number of para-hydroxylation sites is 1. The Bertz CT molecular complexity index is 662. The highest BCUT2D eigenvalue weighted by Gasteiger charge is 2.20. The molecule has 0 spiro atoms. The molecule has 0 bridgehead atoms. The van der Waals surface area contributed by atoms with E-state index in [1.54, 1.807) is 0 Å². The van der Waals surface area contributed by atoms with Gasteiger partial charge in [0.1, 0.15) is 0 Å². The summed E-state index contributed by atoms with van der Waals surface area (Å²) in [6.45, 7) is 7.94. The van der Waals surface area contributed by atoms with Crippen LogP contribution in [-0.2, 0) is 10.2 Å². The highest BCUT2D eigenvalue weighted by Crippen LogP contribution is 2.25. The first-order valence-corrected chi connectivity index (χ1v) is 7.34. The maximum Gasteiger partial charge on any atom is 0.237 e. The SMILES string of the molecule is CC(=O)NN=c1scc(C(C)(C)C)n1-c1ccccc1. The van der Waals surface area contributed by atoms with Crippen LogP contribution < -0.4 is 10.2 Å². The highest BCUT2D eigenvalue weighted by molar-refractivity contribution is 7.07. The van der Waals surface area contributed by atoms with E-state index >= 15 is 0 Å². The third-order valence-corrected chi connectivity index (χ3v) is 3.63. The minimum Gasteiger partial charge on any atom is -0.288 e. The average molecular weight is 289 g/mol. The van der Waals surface area contributed by atoms with Crippen LogP contribution in [0.25, 0.3) is 5.69 Å². The van der Waals surface area contributed by atoms with Gasteiger partial charge in [-0.05, 0) is 12.1 Å². The van der Waals surface area contributed by atoms with Crippen LogP contribution in [0.1, 0.15) is 33.4 Å². The molecule has 5 heteroatoms. The lowest BCUT2D eigenvalue weighted by Gasteiger charge is -2.21. The van der Waals surface area contributed by atoms with E-state index in [2.05, 4.69) is 41.2 Å². The number of carbonyl (C=O) groups excluding carboxylic acids is 1. The van der Waals surface area contributed by atoms with E-state index < -0.39 is 0 Å². The Labute approximate surface area is 122 Å². The molecular weight excluding hydrogens is 270 g/mol. The van der Waals surface area contributed by atoms with Crippen LogP contribution >= 0.6 is 11.3 Å². The van der Waals surface area contributed by atoms with Crippen molar-refractivity contribution in [3.05, 3.63) is 46.2 Å². The number of carbonyl (C=O) groups is 1. The quantitative estimate of drug-likeness (QED) is 0.849. The summed E-state index contributed by atoms with van der Waals surface area (Å²) in [5, 5.41) is 6.29. The average Bonchev–Trinajstić information content (AvgIpc) is 2.81. The van der Waals surface area contributed by atoms with Crippen LogP contribution in [0.15, 0.2) is 40.8 Å². The third-order valence-electron chi connectivity index (χ3n) is 2.80. The molecule has 1 amide bonds. The Morgan fingerprint density at radius 2 is 1.90 bits per heavy atom. The zero-order chi connectivity index (χ0) is 14.8. The second kappa shape index (κ2) is 5.63. The summed E-state index contributed by atoms with van der Waals surface area (Å²) < 4.78 is 2.08. The smallest absolute Gasteiger partial charge is 0.237 e. The number of nitrogens with one attached hydrogen (secondary N) is 1. The summed E-state index contributed by atoms with van der Waals surface area (Å²) in [6.07, 6.45) is 0. The zero-order valence-electron chi connectivity index (χ0n) is 12.2. The van der Waals surface area contributed by atoms with Crippen LogP contribution in [-0.4, -0.2) is 10.5 Å². The van der Waals surface area contributed by atoms with Crippen molar-refractivity contribution in [2.45, 2.75) is 33.1 Å². The number of hydrogen-bond acceptors (Lipinski definition) is 3. The summed E-state index contributed by atoms with van der Waals surface area (Å²) in [6, 6.07) is 10.0. The molecule has 2 aromatic rings. The first kappa shape index (κ1) is 14.5. The molecule has 20 heavy (non-hydrogen) atoms. The van der Waals surface area contributed by atoms with E-state index in [1.165, 1.54) is 18.3 Å². The van der Waals surface area contributed by atoms with Gasteiger partial charge in [0.15, 0.2) is 0 Å². The maximum atomic E-state index is 11.1. The summed E-state index contributed by atoms with van der Waals surface area (Å²) in [7, 11) is 0. The standard InChI is InChI=1S/C15H19N3OS/c1-11(19)16-17-14-18(12-8-6-5-7-9-12)13(10-20-14)15(2,3)4/h5-10H,1-4H3,(H,16,19). The lowest BCUT2D eigenvalue weighted by atomic mass is 9.93. The predicted octanol–water partition coefficient (Wildman–Crippen LogP) is 2.79. The van der Waals surface area contributed by atoms with E-state index in [9.17, 15) is 4.79 Å². The lowest BCUT2D eigenvalue weighted by Crippen LogP contribution is -2.26. The van der Waals surface area contributed by atoms with Gasteiger partial charge < -0.3 is 0 Å². The molecule has 4 nitrogen and oxygen atoms in total. The second-order valence-corrected chi connectivity index (χ2v) is 6.44. The van der Waals surface area contributed by atoms with Gasteiger partial charge in [-0.1, -0.05) is 39.0 Å². The third kappa shape index (κ3) is 3.17. The van der Waals surface area contributed by atoms with E-state index in [0.29, 0.717) is 0 Å². The molecule has 0 radical (unpaired) electrons. The number of nitrogens with zero attached hydrogens (tertiary/aromatic N) is 2. The lowest BCUT2D eigenvalue weighted by molar-refractivity contribution is -0.119. The van der Waals surface area contributed by atoms with Crippen molar-refractivity contribution in [1.82, 2.24) is 9.99 Å². The van der Waals surface area contributed by atoms with Gasteiger partial charge in [0.25, 0.3) is 0 Å². The minimum atomic E-state index is -0.171. The molecule has 0 unspecified atom stereocenters. The Hall–Kier alpha value is -1.88. The fourth-order valence-corrected chi connectivity index (χ4v) is 2.94. The molecule has 0 saturated heterocycles. The fraction of sp³-hybridized carbons (Fsp3) is 0.333. The normalized spacial score (nSPS) is 12.5. The number of rotatable bonds is 2. The van der Waals surface area contributed by atoms with Crippen LogP contribution in [0, 0.1) is 0 Å². The predicted molar refractivity (Wildman–Crippen MR) is 81.7 cm³/mol. The van der Waals surface area contributed by atoms with Gasteiger partial charge in [0.05, 0.1) is 0 Å². The summed E-state index contributed by atoms with van der Waals surface area (Å²) in [5.74, 6) is -0.171. The molecule has 1 heterocycles. The van der Waals surface area contributed by atoms with Gasteiger partial charge in [-0.15, -0.1) is 16.4 Å². The Balaban J connectivity index is 2.64. The van der Waals surface area contributed by atoms with Gasteiger partial charge >= 0.3 is 0 Å². The van der Waals surface area contributed by atoms with Crippen LogP contribution in [0.4, 0.5) is 0 Å². The molecule has 0 aliphatic rings. The number of thiazole rings is 1. The van der Waals surface area contributed by atoms with Gasteiger partial charge in [-0.3, -0.25) is 9.36 Å². The monoisotopic (exact) mass is 289 g/mol. The van der Waals surface area contributed by atoms with Crippen molar-refractivity contribution < 1.29 is 4.79 Å². The number of benzene rings is 1. The molecule has 0 aliphatic heterocycles. The minimum absolute atomic E-state index is 0.00364. The Kier molecular flexibility index (Phi) is 4.09. The molecule has 0 saturated carbocycles. The van der Waals surface area contributed by atoms with Gasteiger partial charge in [0.2, 0.25) is 10.7 Å². The number of hydrogen-bond donors (Lipinski definition) is 1. The molecule has 1 N–H and O–H groups in total. The molecule has 2 rings (SSSR count). The molecule has 106 valence electrons. The molecule has 1 aromatic heterocycles. The Morgan fingerprint density at radius 3 is 2.45 bits per heavy atom. The largest absolute Gasteiger partial charge is 0.288 e. The van der Waals surface area contributed by atoms with Crippen LogP contribution in [0.2, 0.25) is 0 Å². The molecule has 0 atom stereocenters. The van der Waals surface area contributed by atoms with E-state index in [4.69, 9.17) is 0 Å². The number of amides is 1. The zero-order valence-corrected chi connectivity index (χ0v) is 13.0. The van der Waals surface area contributed by atoms with Gasteiger partial charge in [0, 0.05) is 29.1 Å². The van der Waals surface area contributed by atoms with E-state index in [1.807, 2.05) is 30.3 Å². The maximum absolute atomic E-state index is 11.1. The van der Waals surface area contributed by atoms with Crippen molar-refractivity contribution in [1.29, 1.82) is 0 Å². The summed E-state index contributed by atoms with van der Waals surface area (Å²) in [4.78, 5) is 11.8. The van der Waals surface area contributed by atoms with Crippen molar-refractivity contribution in [3.63, 3.8) is 0 Å². The van der Waals surface area contributed by atoms with Crippen molar-refractivity contribution >= 4 is 17.2 Å². The number of aromatic nitrogens is 1. The topological polar surface area (TPSA) is 46.4 Å². The van der Waals surface area contributed by atoms with Crippen LogP contribution in [0.3, 0.4) is 0 Å². The van der Waals surface area contributed by atoms with E-state index in [0.717, 1.165) is 16.2 Å². The summed E-state index contributed by atoms with van der Waals surface area (Å²) >= 11 is 1.52. The van der Waals surface area contributed by atoms with E-state index in [-0.39, 0.29) is 11.3 Å². The van der Waals surface area contributed by atoms with Crippen molar-refractivity contribution in [2.24, 2.45) is 5.10 Å². The first-order chi connectivity index (χ1) is 9.39. The molecule has 0 fully saturated rings. The Morgan fingerprint density at radius 1 is 1.25 bits per heavy atom. The molecular formula is C15H19N3OS. The van der Waals surface area contributed by atoms with Crippen LogP contribution in [0.5, 0.6) is 0 Å². The molecule has 0 aliphatic carbocycles. The van der Waals surface area contributed by atoms with Crippen molar-refractivity contribution in [3.8, 4) is 5.69 Å². The van der Waals surface area contributed by atoms with Gasteiger partial charge in [-0.25, -0.2) is 5.43 Å². The van der Waals surface area contributed by atoms with Gasteiger partial charge in [-0.2, -0.15) is 0 Å². The highest BCUT2D eigenvalue weighted by atomic mass is 32.1. The molecule has 1 aromatic carbocycles. The second-order valence-electron chi connectivity index (χ2n) is 5.60.